The maximum atomic E-state index is 12.6. The average Bonchev–Trinajstić information content (AvgIpc) is 2.61. The van der Waals surface area contributed by atoms with Gasteiger partial charge in [0.2, 0.25) is 5.91 Å². The number of hydrogen-bond donors (Lipinski definition) is 2. The fraction of sp³-hybridized carbons (Fsp3) is 0.650. The van der Waals surface area contributed by atoms with Crippen molar-refractivity contribution < 1.29 is 14.6 Å². The van der Waals surface area contributed by atoms with E-state index in [0.29, 0.717) is 19.1 Å². The molecule has 5 nitrogen and oxygen atoms in total. The molecule has 1 aromatic rings. The van der Waals surface area contributed by atoms with Gasteiger partial charge in [-0.15, -0.1) is 0 Å². The van der Waals surface area contributed by atoms with Gasteiger partial charge >= 0.3 is 0 Å². The minimum Gasteiger partial charge on any atom is -0.496 e. The van der Waals surface area contributed by atoms with Gasteiger partial charge in [-0.2, -0.15) is 0 Å². The molecular formula is C20H32N2O3. The Labute approximate surface area is 151 Å². The zero-order valence-corrected chi connectivity index (χ0v) is 15.7. The van der Waals surface area contributed by atoms with Crippen molar-refractivity contribution >= 4 is 5.91 Å². The number of methoxy groups -OCH3 is 1. The number of carbonyl (C=O) groups is 1. The van der Waals surface area contributed by atoms with Crippen LogP contribution in [0.3, 0.4) is 0 Å². The molecule has 0 aromatic heterocycles. The number of aliphatic hydroxyl groups excluding tert-OH is 1. The van der Waals surface area contributed by atoms with Crippen LogP contribution in [0.25, 0.3) is 0 Å². The van der Waals surface area contributed by atoms with E-state index in [1.165, 1.54) is 19.3 Å². The lowest BCUT2D eigenvalue weighted by Crippen LogP contribution is -2.46. The van der Waals surface area contributed by atoms with Gasteiger partial charge in [0.25, 0.3) is 0 Å². The Bertz CT molecular complexity index is 541. The van der Waals surface area contributed by atoms with E-state index in [9.17, 15) is 9.90 Å². The molecule has 2 rings (SSSR count). The Morgan fingerprint density at radius 1 is 1.28 bits per heavy atom. The molecule has 2 unspecified atom stereocenters. The molecule has 0 aliphatic heterocycles. The number of hydrogen-bond acceptors (Lipinski definition) is 4. The molecule has 2 atom stereocenters. The first-order chi connectivity index (χ1) is 12.0. The monoisotopic (exact) mass is 348 g/mol. The molecule has 5 heteroatoms. The van der Waals surface area contributed by atoms with Crippen LogP contribution in [0.5, 0.6) is 5.75 Å². The van der Waals surface area contributed by atoms with Crippen molar-refractivity contribution in [3.05, 3.63) is 29.8 Å². The van der Waals surface area contributed by atoms with Crippen molar-refractivity contribution in [1.29, 1.82) is 0 Å². The topological polar surface area (TPSA) is 61.8 Å². The lowest BCUT2D eigenvalue weighted by atomic mass is 9.94. The molecule has 0 saturated heterocycles. The van der Waals surface area contributed by atoms with Crippen molar-refractivity contribution in [3.8, 4) is 5.75 Å². The van der Waals surface area contributed by atoms with Crippen LogP contribution < -0.4 is 10.1 Å². The van der Waals surface area contributed by atoms with Crippen LogP contribution in [-0.2, 0) is 4.79 Å². The first-order valence-corrected chi connectivity index (χ1v) is 9.35. The van der Waals surface area contributed by atoms with E-state index < -0.39 is 6.10 Å². The quantitative estimate of drug-likeness (QED) is 0.758. The van der Waals surface area contributed by atoms with Gasteiger partial charge in [0.1, 0.15) is 5.75 Å². The average molecular weight is 348 g/mol. The van der Waals surface area contributed by atoms with Gasteiger partial charge in [-0.1, -0.05) is 37.5 Å². The Hall–Kier alpha value is -1.59. The highest BCUT2D eigenvalue weighted by atomic mass is 16.5. The van der Waals surface area contributed by atoms with Gasteiger partial charge in [0.15, 0.2) is 0 Å². The molecule has 1 fully saturated rings. The van der Waals surface area contributed by atoms with Crippen LogP contribution in [0.15, 0.2) is 24.3 Å². The SMILES string of the molecule is COc1ccccc1C(C)NC(=O)CN(CC(C)O)C1CCCCC1. The van der Waals surface area contributed by atoms with Crippen molar-refractivity contribution in [3.63, 3.8) is 0 Å². The van der Waals surface area contributed by atoms with E-state index in [2.05, 4.69) is 10.2 Å². The highest BCUT2D eigenvalue weighted by Crippen LogP contribution is 2.25. The molecule has 1 saturated carbocycles. The third-order valence-electron chi connectivity index (χ3n) is 4.92. The minimum atomic E-state index is -0.429. The third-order valence-corrected chi connectivity index (χ3v) is 4.92. The van der Waals surface area contributed by atoms with Crippen LogP contribution in [0.1, 0.15) is 57.6 Å². The number of amides is 1. The summed E-state index contributed by atoms with van der Waals surface area (Å²) in [6, 6.07) is 8.02. The molecular weight excluding hydrogens is 316 g/mol. The van der Waals surface area contributed by atoms with Gasteiger partial charge < -0.3 is 15.2 Å². The van der Waals surface area contributed by atoms with E-state index in [-0.39, 0.29) is 11.9 Å². The summed E-state index contributed by atoms with van der Waals surface area (Å²) in [4.78, 5) is 14.7. The van der Waals surface area contributed by atoms with E-state index in [1.54, 1.807) is 14.0 Å². The summed E-state index contributed by atoms with van der Waals surface area (Å²) in [5, 5.41) is 12.9. The van der Waals surface area contributed by atoms with Crippen molar-refractivity contribution in [1.82, 2.24) is 10.2 Å². The zero-order valence-electron chi connectivity index (χ0n) is 15.7. The van der Waals surface area contributed by atoms with Gasteiger partial charge in [0, 0.05) is 18.2 Å². The molecule has 0 radical (unpaired) electrons. The molecule has 1 amide bonds. The maximum Gasteiger partial charge on any atom is 0.234 e. The largest absolute Gasteiger partial charge is 0.496 e. The standard InChI is InChI=1S/C20H32N2O3/c1-15(23)13-22(17-9-5-4-6-10-17)14-20(24)21-16(2)18-11-7-8-12-19(18)25-3/h7-8,11-12,15-17,23H,4-6,9-10,13-14H2,1-3H3,(H,21,24). The van der Waals surface area contributed by atoms with E-state index in [4.69, 9.17) is 4.74 Å². The fourth-order valence-corrected chi connectivity index (χ4v) is 3.70. The highest BCUT2D eigenvalue weighted by Gasteiger charge is 2.25. The second-order valence-electron chi connectivity index (χ2n) is 7.10. The summed E-state index contributed by atoms with van der Waals surface area (Å²) >= 11 is 0. The van der Waals surface area contributed by atoms with E-state index in [1.807, 2.05) is 31.2 Å². The summed E-state index contributed by atoms with van der Waals surface area (Å²) in [5.41, 5.74) is 0.970. The smallest absolute Gasteiger partial charge is 0.234 e. The van der Waals surface area contributed by atoms with Gasteiger partial charge in [-0.3, -0.25) is 9.69 Å². The highest BCUT2D eigenvalue weighted by molar-refractivity contribution is 5.78. The Kier molecular flexibility index (Phi) is 7.72. The van der Waals surface area contributed by atoms with Crippen LogP contribution in [0.2, 0.25) is 0 Å². The van der Waals surface area contributed by atoms with Gasteiger partial charge in [-0.05, 0) is 32.8 Å². The Morgan fingerprint density at radius 3 is 2.60 bits per heavy atom. The molecule has 1 aliphatic rings. The second kappa shape index (κ2) is 9.78. The summed E-state index contributed by atoms with van der Waals surface area (Å²) in [6.07, 6.45) is 5.49. The molecule has 140 valence electrons. The Balaban J connectivity index is 1.97. The first kappa shape index (κ1) is 19.7. The third kappa shape index (κ3) is 6.01. The van der Waals surface area contributed by atoms with Crippen LogP contribution in [-0.4, -0.2) is 48.3 Å². The number of para-hydroxylation sites is 1. The normalized spacial score (nSPS) is 18.0. The predicted octanol–water partition coefficient (Wildman–Crippen LogP) is 2.89. The molecule has 1 aliphatic carbocycles. The van der Waals surface area contributed by atoms with Crippen LogP contribution in [0.4, 0.5) is 0 Å². The first-order valence-electron chi connectivity index (χ1n) is 9.35. The van der Waals surface area contributed by atoms with Gasteiger partial charge in [0.05, 0.1) is 25.8 Å². The summed E-state index contributed by atoms with van der Waals surface area (Å²) < 4.78 is 5.38. The lowest BCUT2D eigenvalue weighted by Gasteiger charge is -2.34. The summed E-state index contributed by atoms with van der Waals surface area (Å²) in [6.45, 7) is 4.62. The zero-order chi connectivity index (χ0) is 18.2. The second-order valence-corrected chi connectivity index (χ2v) is 7.10. The molecule has 0 heterocycles. The number of rotatable bonds is 8. The number of ether oxygens (including phenoxy) is 1. The molecule has 1 aromatic carbocycles. The van der Waals surface area contributed by atoms with E-state index in [0.717, 1.165) is 24.2 Å². The van der Waals surface area contributed by atoms with Crippen molar-refractivity contribution in [2.24, 2.45) is 0 Å². The summed E-state index contributed by atoms with van der Waals surface area (Å²) in [5.74, 6) is 0.771. The van der Waals surface area contributed by atoms with Crippen molar-refractivity contribution in [2.45, 2.75) is 64.1 Å². The lowest BCUT2D eigenvalue weighted by molar-refractivity contribution is -0.124. The van der Waals surface area contributed by atoms with E-state index >= 15 is 0 Å². The van der Waals surface area contributed by atoms with Crippen LogP contribution >= 0.6 is 0 Å². The molecule has 25 heavy (non-hydrogen) atoms. The van der Waals surface area contributed by atoms with Crippen LogP contribution in [0, 0.1) is 0 Å². The molecule has 2 N–H and O–H groups in total. The fourth-order valence-electron chi connectivity index (χ4n) is 3.70. The number of benzene rings is 1. The summed E-state index contributed by atoms with van der Waals surface area (Å²) in [7, 11) is 1.64. The van der Waals surface area contributed by atoms with Gasteiger partial charge in [-0.25, -0.2) is 0 Å². The number of nitrogens with one attached hydrogen (secondary N) is 1. The predicted molar refractivity (Wildman–Crippen MR) is 99.7 cm³/mol. The molecule has 0 spiro atoms. The Morgan fingerprint density at radius 2 is 1.96 bits per heavy atom. The maximum absolute atomic E-state index is 12.6. The van der Waals surface area contributed by atoms with Crippen molar-refractivity contribution in [2.75, 3.05) is 20.2 Å². The number of nitrogens with zero attached hydrogens (tertiary/aromatic N) is 1. The number of aliphatic hydroxyl groups is 1. The molecule has 0 bridgehead atoms. The minimum absolute atomic E-state index is 0.00960. The number of carbonyl (C=O) groups excluding carboxylic acids is 1.